The number of benzene rings is 3. The van der Waals surface area contributed by atoms with Crippen molar-refractivity contribution in [3.63, 3.8) is 0 Å². The molecular weight excluding hydrogens is 461 g/mol. The van der Waals surface area contributed by atoms with Gasteiger partial charge in [0.2, 0.25) is 0 Å². The Balaban J connectivity index is 1.56. The fourth-order valence-corrected chi connectivity index (χ4v) is 3.76. The van der Waals surface area contributed by atoms with E-state index in [1.54, 1.807) is 43.3 Å². The maximum absolute atomic E-state index is 13.1. The summed E-state index contributed by atoms with van der Waals surface area (Å²) in [6.45, 7) is 3.73. The molecular formula is C25H19Cl2N3O3. The van der Waals surface area contributed by atoms with Gasteiger partial charge in [-0.05, 0) is 61.9 Å². The molecule has 1 heterocycles. The molecule has 166 valence electrons. The SMILES string of the molecule is Cc1ccc(NC(=O)c2cccc(NC3=C(Cl)C(=O)N(c4cc(Cl)ccc4C)C3=O)c2)cc1. The summed E-state index contributed by atoms with van der Waals surface area (Å²) < 4.78 is 0. The lowest BCUT2D eigenvalue weighted by Crippen LogP contribution is -2.32. The second-order valence-corrected chi connectivity index (χ2v) is 8.41. The van der Waals surface area contributed by atoms with Gasteiger partial charge in [0.1, 0.15) is 10.7 Å². The number of imide groups is 1. The van der Waals surface area contributed by atoms with Crippen molar-refractivity contribution in [3.05, 3.63) is 99.2 Å². The summed E-state index contributed by atoms with van der Waals surface area (Å²) in [4.78, 5) is 39.5. The number of hydrogen-bond acceptors (Lipinski definition) is 4. The summed E-state index contributed by atoms with van der Waals surface area (Å²) in [5.74, 6) is -1.57. The van der Waals surface area contributed by atoms with E-state index in [2.05, 4.69) is 10.6 Å². The van der Waals surface area contributed by atoms with Crippen molar-refractivity contribution in [2.45, 2.75) is 13.8 Å². The van der Waals surface area contributed by atoms with Gasteiger partial charge in [0.25, 0.3) is 17.7 Å². The van der Waals surface area contributed by atoms with Crippen LogP contribution in [-0.4, -0.2) is 17.7 Å². The second-order valence-electron chi connectivity index (χ2n) is 7.59. The van der Waals surface area contributed by atoms with Crippen LogP contribution < -0.4 is 15.5 Å². The molecule has 0 spiro atoms. The number of aryl methyl sites for hydroxylation is 2. The standard InChI is InChI=1S/C25H19Cl2N3O3/c1-14-6-10-18(11-7-14)29-23(31)16-4-3-5-19(12-16)28-22-21(27)24(32)30(25(22)33)20-13-17(26)9-8-15(20)2/h3-13,28H,1-2H3,(H,29,31). The molecule has 8 heteroatoms. The number of rotatable bonds is 5. The van der Waals surface area contributed by atoms with E-state index in [1.807, 2.05) is 31.2 Å². The molecule has 0 aromatic heterocycles. The number of carbonyl (C=O) groups is 3. The predicted molar refractivity (Wildman–Crippen MR) is 131 cm³/mol. The molecule has 0 aliphatic carbocycles. The van der Waals surface area contributed by atoms with Crippen LogP contribution in [0.1, 0.15) is 21.5 Å². The number of amides is 3. The molecule has 2 N–H and O–H groups in total. The van der Waals surface area contributed by atoms with Gasteiger partial charge >= 0.3 is 0 Å². The van der Waals surface area contributed by atoms with E-state index in [0.717, 1.165) is 10.5 Å². The van der Waals surface area contributed by atoms with Gasteiger partial charge in [-0.25, -0.2) is 4.90 Å². The van der Waals surface area contributed by atoms with E-state index in [9.17, 15) is 14.4 Å². The highest BCUT2D eigenvalue weighted by Gasteiger charge is 2.39. The van der Waals surface area contributed by atoms with Gasteiger partial charge in [-0.3, -0.25) is 14.4 Å². The highest BCUT2D eigenvalue weighted by atomic mass is 35.5. The normalized spacial score (nSPS) is 13.5. The number of halogens is 2. The summed E-state index contributed by atoms with van der Waals surface area (Å²) >= 11 is 12.3. The summed E-state index contributed by atoms with van der Waals surface area (Å²) in [6, 6.07) is 18.9. The zero-order chi connectivity index (χ0) is 23.7. The van der Waals surface area contributed by atoms with Gasteiger partial charge in [0, 0.05) is 22.0 Å². The van der Waals surface area contributed by atoms with Crippen molar-refractivity contribution in [3.8, 4) is 0 Å². The first-order valence-corrected chi connectivity index (χ1v) is 10.8. The van der Waals surface area contributed by atoms with Crippen LogP contribution in [0.15, 0.2) is 77.5 Å². The van der Waals surface area contributed by atoms with E-state index in [4.69, 9.17) is 23.2 Å². The first-order chi connectivity index (χ1) is 15.7. The minimum atomic E-state index is -0.650. The third-order valence-corrected chi connectivity index (χ3v) is 5.73. The molecule has 0 unspecified atom stereocenters. The first-order valence-electron chi connectivity index (χ1n) is 10.0. The Bertz CT molecular complexity index is 1320. The van der Waals surface area contributed by atoms with Crippen LogP contribution in [0.4, 0.5) is 17.1 Å². The van der Waals surface area contributed by atoms with Gasteiger partial charge < -0.3 is 10.6 Å². The van der Waals surface area contributed by atoms with Crippen LogP contribution in [0, 0.1) is 13.8 Å². The molecule has 6 nitrogen and oxygen atoms in total. The predicted octanol–water partition coefficient (Wildman–Crippen LogP) is 5.64. The highest BCUT2D eigenvalue weighted by molar-refractivity contribution is 6.53. The number of nitrogens with one attached hydrogen (secondary N) is 2. The lowest BCUT2D eigenvalue weighted by Gasteiger charge is -2.18. The average Bonchev–Trinajstić information content (AvgIpc) is 3.00. The number of carbonyl (C=O) groups excluding carboxylic acids is 3. The Morgan fingerprint density at radius 3 is 2.30 bits per heavy atom. The monoisotopic (exact) mass is 479 g/mol. The third-order valence-electron chi connectivity index (χ3n) is 5.14. The molecule has 0 saturated carbocycles. The fraction of sp³-hybridized carbons (Fsp3) is 0.0800. The molecule has 0 atom stereocenters. The van der Waals surface area contributed by atoms with Crippen LogP contribution in [0.25, 0.3) is 0 Å². The molecule has 3 amide bonds. The van der Waals surface area contributed by atoms with E-state index >= 15 is 0 Å². The zero-order valence-electron chi connectivity index (χ0n) is 17.8. The van der Waals surface area contributed by atoms with Crippen molar-refractivity contribution in [2.24, 2.45) is 0 Å². The van der Waals surface area contributed by atoms with Gasteiger partial charge in [0.15, 0.2) is 0 Å². The number of hydrogen-bond donors (Lipinski definition) is 2. The lowest BCUT2D eigenvalue weighted by molar-refractivity contribution is -0.120. The van der Waals surface area contributed by atoms with Crippen molar-refractivity contribution in [1.82, 2.24) is 0 Å². The largest absolute Gasteiger partial charge is 0.350 e. The minimum absolute atomic E-state index is 0.0721. The average molecular weight is 480 g/mol. The van der Waals surface area contributed by atoms with Crippen LogP contribution >= 0.6 is 23.2 Å². The van der Waals surface area contributed by atoms with Gasteiger partial charge in [-0.15, -0.1) is 0 Å². The molecule has 0 fully saturated rings. The smallest absolute Gasteiger partial charge is 0.283 e. The highest BCUT2D eigenvalue weighted by Crippen LogP contribution is 2.33. The summed E-state index contributed by atoms with van der Waals surface area (Å²) in [5.41, 5.74) is 3.54. The molecule has 4 rings (SSSR count). The maximum Gasteiger partial charge on any atom is 0.283 e. The fourth-order valence-electron chi connectivity index (χ4n) is 3.38. The van der Waals surface area contributed by atoms with E-state index in [0.29, 0.717) is 33.2 Å². The molecule has 3 aromatic rings. The zero-order valence-corrected chi connectivity index (χ0v) is 19.3. The molecule has 0 radical (unpaired) electrons. The summed E-state index contributed by atoms with van der Waals surface area (Å²) in [5, 5.41) is 5.87. The second kappa shape index (κ2) is 9.10. The Kier molecular flexibility index (Phi) is 6.22. The van der Waals surface area contributed by atoms with Crippen LogP contribution in [0.3, 0.4) is 0 Å². The first kappa shape index (κ1) is 22.6. The van der Waals surface area contributed by atoms with Crippen LogP contribution in [-0.2, 0) is 9.59 Å². The number of nitrogens with zero attached hydrogens (tertiary/aromatic N) is 1. The van der Waals surface area contributed by atoms with Gasteiger partial charge in [0.05, 0.1) is 5.69 Å². The van der Waals surface area contributed by atoms with Crippen molar-refractivity contribution < 1.29 is 14.4 Å². The Labute approximate surface area is 200 Å². The van der Waals surface area contributed by atoms with E-state index in [-0.39, 0.29) is 16.6 Å². The quantitative estimate of drug-likeness (QED) is 0.463. The topological polar surface area (TPSA) is 78.5 Å². The third kappa shape index (κ3) is 4.62. The van der Waals surface area contributed by atoms with Gasteiger partial charge in [-0.1, -0.05) is 53.0 Å². The number of anilines is 3. The Morgan fingerprint density at radius 1 is 0.848 bits per heavy atom. The minimum Gasteiger partial charge on any atom is -0.350 e. The van der Waals surface area contributed by atoms with Crippen molar-refractivity contribution in [1.29, 1.82) is 0 Å². The van der Waals surface area contributed by atoms with E-state index in [1.165, 1.54) is 6.07 Å². The molecule has 3 aromatic carbocycles. The molecule has 0 saturated heterocycles. The molecule has 0 bridgehead atoms. The van der Waals surface area contributed by atoms with Crippen LogP contribution in [0.2, 0.25) is 5.02 Å². The summed E-state index contributed by atoms with van der Waals surface area (Å²) in [7, 11) is 0. The van der Waals surface area contributed by atoms with Gasteiger partial charge in [-0.2, -0.15) is 0 Å². The summed E-state index contributed by atoms with van der Waals surface area (Å²) in [6.07, 6.45) is 0. The molecule has 1 aliphatic heterocycles. The lowest BCUT2D eigenvalue weighted by atomic mass is 10.1. The van der Waals surface area contributed by atoms with Crippen LogP contribution in [0.5, 0.6) is 0 Å². The van der Waals surface area contributed by atoms with Crippen molar-refractivity contribution >= 4 is 58.0 Å². The Morgan fingerprint density at radius 2 is 1.58 bits per heavy atom. The molecule has 33 heavy (non-hydrogen) atoms. The Hall–Kier alpha value is -3.61. The van der Waals surface area contributed by atoms with Crippen molar-refractivity contribution in [2.75, 3.05) is 15.5 Å². The maximum atomic E-state index is 13.1. The van der Waals surface area contributed by atoms with E-state index < -0.39 is 11.8 Å². The molecule has 1 aliphatic rings.